The van der Waals surface area contributed by atoms with Gasteiger partial charge in [0.1, 0.15) is 0 Å². The number of benzene rings is 2. The zero-order valence-corrected chi connectivity index (χ0v) is 16.3. The quantitative estimate of drug-likeness (QED) is 0.749. The zero-order chi connectivity index (χ0) is 19.6. The van der Waals surface area contributed by atoms with Gasteiger partial charge in [0.15, 0.2) is 0 Å². The molecule has 1 spiro atoms. The second-order valence-electron chi connectivity index (χ2n) is 8.07. The van der Waals surface area contributed by atoms with E-state index in [-0.39, 0.29) is 23.1 Å². The Hall–Kier alpha value is -2.66. The van der Waals surface area contributed by atoms with Crippen LogP contribution in [-0.4, -0.2) is 24.9 Å². The van der Waals surface area contributed by atoms with E-state index in [9.17, 15) is 9.59 Å². The van der Waals surface area contributed by atoms with Crippen molar-refractivity contribution in [2.75, 3.05) is 18.4 Å². The van der Waals surface area contributed by atoms with Crippen LogP contribution in [0.4, 0.5) is 5.69 Å². The van der Waals surface area contributed by atoms with Crippen LogP contribution in [0.15, 0.2) is 48.5 Å². The first kappa shape index (κ1) is 18.7. The summed E-state index contributed by atoms with van der Waals surface area (Å²) in [6.07, 6.45) is 3.08. The first-order chi connectivity index (χ1) is 13.6. The molecule has 1 saturated heterocycles. The van der Waals surface area contributed by atoms with Crippen LogP contribution in [0.5, 0.6) is 0 Å². The van der Waals surface area contributed by atoms with Gasteiger partial charge in [-0.25, -0.2) is 0 Å². The molecular formula is C23H27N3O2. The van der Waals surface area contributed by atoms with Gasteiger partial charge in [0, 0.05) is 12.5 Å². The number of hydrogen-bond donors (Lipinski definition) is 3. The average molecular weight is 377 g/mol. The van der Waals surface area contributed by atoms with Gasteiger partial charge in [0.05, 0.1) is 11.3 Å². The fourth-order valence-electron chi connectivity index (χ4n) is 4.19. The summed E-state index contributed by atoms with van der Waals surface area (Å²) in [4.78, 5) is 25.5. The van der Waals surface area contributed by atoms with Crippen molar-refractivity contribution in [1.29, 1.82) is 0 Å². The summed E-state index contributed by atoms with van der Waals surface area (Å²) in [6, 6.07) is 15.3. The molecule has 3 N–H and O–H groups in total. The molecule has 5 nitrogen and oxygen atoms in total. The molecule has 1 aliphatic heterocycles. The molecule has 2 aliphatic rings. The molecule has 4 rings (SSSR count). The zero-order valence-electron chi connectivity index (χ0n) is 16.3. The third kappa shape index (κ3) is 3.94. The SMILES string of the molecule is Cc1ccc(CNC(=O)c2ccccc2NC(=O)C2CC23CCNCC3)cc1. The summed E-state index contributed by atoms with van der Waals surface area (Å²) in [5.74, 6) is -0.0668. The highest BCUT2D eigenvalue weighted by Gasteiger charge is 2.57. The third-order valence-corrected chi connectivity index (χ3v) is 6.11. The van der Waals surface area contributed by atoms with Crippen LogP contribution < -0.4 is 16.0 Å². The molecule has 28 heavy (non-hydrogen) atoms. The molecule has 1 saturated carbocycles. The second-order valence-corrected chi connectivity index (χ2v) is 8.07. The summed E-state index contributed by atoms with van der Waals surface area (Å²) in [6.45, 7) is 4.47. The summed E-state index contributed by atoms with van der Waals surface area (Å²) in [5.41, 5.74) is 3.51. The van der Waals surface area contributed by atoms with E-state index in [1.807, 2.05) is 43.3 Å². The molecule has 1 aliphatic carbocycles. The van der Waals surface area contributed by atoms with Crippen LogP contribution >= 0.6 is 0 Å². The molecule has 2 amide bonds. The summed E-state index contributed by atoms with van der Waals surface area (Å²) in [7, 11) is 0. The Balaban J connectivity index is 1.39. The Kier molecular flexibility index (Phi) is 5.18. The smallest absolute Gasteiger partial charge is 0.253 e. The first-order valence-electron chi connectivity index (χ1n) is 10.0. The van der Waals surface area contributed by atoms with Gasteiger partial charge in [-0.15, -0.1) is 0 Å². The van der Waals surface area contributed by atoms with E-state index in [2.05, 4.69) is 16.0 Å². The van der Waals surface area contributed by atoms with Crippen LogP contribution in [0.3, 0.4) is 0 Å². The number of hydrogen-bond acceptors (Lipinski definition) is 3. The van der Waals surface area contributed by atoms with E-state index >= 15 is 0 Å². The molecule has 146 valence electrons. The molecule has 0 bridgehead atoms. The lowest BCUT2D eigenvalue weighted by Gasteiger charge is -2.23. The van der Waals surface area contributed by atoms with E-state index in [1.54, 1.807) is 12.1 Å². The highest BCUT2D eigenvalue weighted by Crippen LogP contribution is 2.58. The molecule has 2 aromatic carbocycles. The Labute approximate surface area is 165 Å². The summed E-state index contributed by atoms with van der Waals surface area (Å²) >= 11 is 0. The van der Waals surface area contributed by atoms with Crippen molar-refractivity contribution < 1.29 is 9.59 Å². The second kappa shape index (κ2) is 7.76. The highest BCUT2D eigenvalue weighted by atomic mass is 16.2. The minimum absolute atomic E-state index is 0.0423. The number of anilines is 1. The summed E-state index contributed by atoms with van der Waals surface area (Å²) in [5, 5.41) is 9.32. The predicted octanol–water partition coefficient (Wildman–Crippen LogP) is 3.25. The lowest BCUT2D eigenvalue weighted by molar-refractivity contribution is -0.118. The fourth-order valence-corrected chi connectivity index (χ4v) is 4.19. The number of carbonyl (C=O) groups excluding carboxylic acids is 2. The van der Waals surface area contributed by atoms with Crippen molar-refractivity contribution in [3.63, 3.8) is 0 Å². The lowest BCUT2D eigenvalue weighted by Crippen LogP contribution is -2.32. The molecular weight excluding hydrogens is 350 g/mol. The van der Waals surface area contributed by atoms with E-state index in [4.69, 9.17) is 0 Å². The molecule has 1 heterocycles. The standard InChI is InChI=1S/C23H27N3O2/c1-16-6-8-17(9-7-16)15-25-21(27)18-4-2-3-5-20(18)26-22(28)19-14-23(19)10-12-24-13-11-23/h2-9,19,24H,10-15H2,1H3,(H,25,27)(H,26,28). The Bertz CT molecular complexity index is 870. The molecule has 2 aromatic rings. The minimum Gasteiger partial charge on any atom is -0.348 e. The van der Waals surface area contributed by atoms with Gasteiger partial charge in [-0.3, -0.25) is 9.59 Å². The molecule has 2 fully saturated rings. The van der Waals surface area contributed by atoms with Gasteiger partial charge in [-0.1, -0.05) is 42.0 Å². The molecule has 1 atom stereocenters. The van der Waals surface area contributed by atoms with E-state index in [1.165, 1.54) is 5.56 Å². The number of aryl methyl sites for hydroxylation is 1. The van der Waals surface area contributed by atoms with Crippen molar-refractivity contribution >= 4 is 17.5 Å². The molecule has 0 radical (unpaired) electrons. The fraction of sp³-hybridized carbons (Fsp3) is 0.391. The number of piperidine rings is 1. The predicted molar refractivity (Wildman–Crippen MR) is 110 cm³/mol. The van der Waals surface area contributed by atoms with Crippen molar-refractivity contribution in [2.45, 2.75) is 32.7 Å². The normalized spacial score (nSPS) is 19.8. The van der Waals surface area contributed by atoms with Crippen LogP contribution in [0.25, 0.3) is 0 Å². The Morgan fingerprint density at radius 3 is 2.54 bits per heavy atom. The van der Waals surface area contributed by atoms with Crippen molar-refractivity contribution in [3.05, 3.63) is 65.2 Å². The van der Waals surface area contributed by atoms with Gasteiger partial charge in [-0.05, 0) is 62.4 Å². The topological polar surface area (TPSA) is 70.2 Å². The third-order valence-electron chi connectivity index (χ3n) is 6.11. The van der Waals surface area contributed by atoms with Crippen LogP contribution in [0.1, 0.15) is 40.7 Å². The van der Waals surface area contributed by atoms with Gasteiger partial charge < -0.3 is 16.0 Å². The number of nitrogens with one attached hydrogen (secondary N) is 3. The molecule has 0 aromatic heterocycles. The van der Waals surface area contributed by atoms with Crippen molar-refractivity contribution in [3.8, 4) is 0 Å². The maximum atomic E-state index is 12.8. The Morgan fingerprint density at radius 1 is 1.07 bits per heavy atom. The van der Waals surface area contributed by atoms with E-state index < -0.39 is 0 Å². The van der Waals surface area contributed by atoms with E-state index in [0.717, 1.165) is 37.9 Å². The number of carbonyl (C=O) groups is 2. The molecule has 1 unspecified atom stereocenters. The number of para-hydroxylation sites is 1. The lowest BCUT2D eigenvalue weighted by atomic mass is 9.91. The van der Waals surface area contributed by atoms with E-state index in [0.29, 0.717) is 17.8 Å². The van der Waals surface area contributed by atoms with Crippen molar-refractivity contribution in [2.24, 2.45) is 11.3 Å². The number of rotatable bonds is 5. The van der Waals surface area contributed by atoms with Gasteiger partial charge in [0.2, 0.25) is 5.91 Å². The maximum absolute atomic E-state index is 12.8. The highest BCUT2D eigenvalue weighted by molar-refractivity contribution is 6.04. The number of amides is 2. The summed E-state index contributed by atoms with van der Waals surface area (Å²) < 4.78 is 0. The van der Waals surface area contributed by atoms with Crippen LogP contribution in [0.2, 0.25) is 0 Å². The van der Waals surface area contributed by atoms with Gasteiger partial charge >= 0.3 is 0 Å². The maximum Gasteiger partial charge on any atom is 0.253 e. The van der Waals surface area contributed by atoms with Crippen LogP contribution in [0, 0.1) is 18.3 Å². The molecule has 5 heteroatoms. The minimum atomic E-state index is -0.177. The average Bonchev–Trinajstić information content (AvgIpc) is 3.41. The first-order valence-corrected chi connectivity index (χ1v) is 10.0. The van der Waals surface area contributed by atoms with Gasteiger partial charge in [-0.2, -0.15) is 0 Å². The Morgan fingerprint density at radius 2 is 1.79 bits per heavy atom. The monoisotopic (exact) mass is 377 g/mol. The van der Waals surface area contributed by atoms with Crippen LogP contribution in [-0.2, 0) is 11.3 Å². The van der Waals surface area contributed by atoms with Crippen molar-refractivity contribution in [1.82, 2.24) is 10.6 Å². The largest absolute Gasteiger partial charge is 0.348 e. The van der Waals surface area contributed by atoms with Gasteiger partial charge in [0.25, 0.3) is 5.91 Å².